The number of benzene rings is 2. The average Bonchev–Trinajstić information content (AvgIpc) is 3.12. The van der Waals surface area contributed by atoms with E-state index in [9.17, 15) is 13.2 Å². The van der Waals surface area contributed by atoms with Crippen LogP contribution in [0.25, 0.3) is 0 Å². The Balaban J connectivity index is 1.63. The van der Waals surface area contributed by atoms with Crippen molar-refractivity contribution < 1.29 is 17.9 Å². The minimum atomic E-state index is -3.09. The van der Waals surface area contributed by atoms with Gasteiger partial charge in [0, 0.05) is 10.9 Å². The summed E-state index contributed by atoms with van der Waals surface area (Å²) in [7, 11) is -1.50. The third-order valence-corrected chi connectivity index (χ3v) is 8.29. The molecule has 0 unspecified atom stereocenters. The molecule has 2 aromatic carbocycles. The molecule has 0 aliphatic carbocycles. The van der Waals surface area contributed by atoms with E-state index in [4.69, 9.17) is 4.74 Å². The van der Waals surface area contributed by atoms with Crippen LogP contribution in [-0.2, 0) is 21.1 Å². The number of hydrogen-bond donors (Lipinski definition) is 0. The quantitative estimate of drug-likeness (QED) is 0.743. The molecule has 2 aliphatic rings. The lowest BCUT2D eigenvalue weighted by Gasteiger charge is -2.24. The fraction of sp³-hybridized carbons (Fsp3) is 0.333. The number of fused-ring (bicyclic) bond motifs is 1. The van der Waals surface area contributed by atoms with E-state index in [1.807, 2.05) is 60.4 Å². The predicted molar refractivity (Wildman–Crippen MR) is 117 cm³/mol. The first-order chi connectivity index (χ1) is 13.8. The first kappa shape index (κ1) is 20.0. The second-order valence-electron chi connectivity index (χ2n) is 7.32. The molecule has 2 aromatic rings. The van der Waals surface area contributed by atoms with Crippen molar-refractivity contribution in [1.82, 2.24) is 0 Å². The number of amides is 1. The van der Waals surface area contributed by atoms with Crippen LogP contribution >= 0.6 is 11.8 Å². The SMILES string of the molecule is COc1ccc(N2C(=NC(=O)Cc3cccc(C)c3)S[C@H]3CS(=O)(=O)C[C@@H]32)cc1. The summed E-state index contributed by atoms with van der Waals surface area (Å²) in [6, 6.07) is 15.0. The summed E-state index contributed by atoms with van der Waals surface area (Å²) in [5.74, 6) is 0.659. The number of hydrogen-bond acceptors (Lipinski definition) is 5. The van der Waals surface area contributed by atoms with E-state index >= 15 is 0 Å². The third-order valence-electron chi connectivity index (χ3n) is 5.08. The van der Waals surface area contributed by atoms with Crippen LogP contribution in [0.1, 0.15) is 11.1 Å². The molecule has 0 bridgehead atoms. The zero-order valence-electron chi connectivity index (χ0n) is 16.2. The van der Waals surface area contributed by atoms with Gasteiger partial charge in [-0.2, -0.15) is 4.99 Å². The summed E-state index contributed by atoms with van der Waals surface area (Å²) < 4.78 is 29.5. The van der Waals surface area contributed by atoms with Gasteiger partial charge in [0.1, 0.15) is 5.75 Å². The molecule has 1 amide bonds. The van der Waals surface area contributed by atoms with Gasteiger partial charge in [-0.15, -0.1) is 0 Å². The van der Waals surface area contributed by atoms with E-state index in [1.165, 1.54) is 11.8 Å². The Morgan fingerprint density at radius 3 is 2.66 bits per heavy atom. The summed E-state index contributed by atoms with van der Waals surface area (Å²) in [4.78, 5) is 18.9. The minimum Gasteiger partial charge on any atom is -0.497 e. The van der Waals surface area contributed by atoms with Gasteiger partial charge in [0.2, 0.25) is 0 Å². The van der Waals surface area contributed by atoms with Crippen LogP contribution in [0.5, 0.6) is 5.75 Å². The topological polar surface area (TPSA) is 76.0 Å². The second kappa shape index (κ2) is 7.84. The van der Waals surface area contributed by atoms with E-state index < -0.39 is 9.84 Å². The summed E-state index contributed by atoms with van der Waals surface area (Å²) in [5, 5.41) is 0.449. The van der Waals surface area contributed by atoms with E-state index in [1.54, 1.807) is 7.11 Å². The number of aliphatic imine (C=N–C) groups is 1. The highest BCUT2D eigenvalue weighted by molar-refractivity contribution is 8.16. The Hall–Kier alpha value is -2.32. The maximum Gasteiger partial charge on any atom is 0.252 e. The summed E-state index contributed by atoms with van der Waals surface area (Å²) >= 11 is 1.38. The molecule has 4 rings (SSSR count). The molecule has 0 N–H and O–H groups in total. The largest absolute Gasteiger partial charge is 0.497 e. The van der Waals surface area contributed by atoms with Crippen LogP contribution in [0.4, 0.5) is 5.69 Å². The molecule has 0 spiro atoms. The molecule has 0 saturated carbocycles. The Kier molecular flexibility index (Phi) is 5.40. The molecule has 2 heterocycles. The monoisotopic (exact) mass is 430 g/mol. The number of methoxy groups -OCH3 is 1. The lowest BCUT2D eigenvalue weighted by molar-refractivity contribution is -0.117. The Labute approximate surface area is 174 Å². The highest BCUT2D eigenvalue weighted by Crippen LogP contribution is 2.41. The van der Waals surface area contributed by atoms with Crippen LogP contribution in [0.15, 0.2) is 53.5 Å². The van der Waals surface area contributed by atoms with E-state index in [-0.39, 0.29) is 35.1 Å². The van der Waals surface area contributed by atoms with Crippen molar-refractivity contribution in [3.05, 3.63) is 59.7 Å². The Morgan fingerprint density at radius 2 is 1.97 bits per heavy atom. The normalized spacial score (nSPS) is 23.9. The minimum absolute atomic E-state index is 0.0712. The maximum absolute atomic E-state index is 12.6. The number of sulfone groups is 1. The van der Waals surface area contributed by atoms with Crippen LogP contribution in [0, 0.1) is 6.92 Å². The molecule has 2 saturated heterocycles. The fourth-order valence-corrected chi connectivity index (χ4v) is 7.68. The Morgan fingerprint density at radius 1 is 1.21 bits per heavy atom. The van der Waals surface area contributed by atoms with Gasteiger partial charge >= 0.3 is 0 Å². The molecule has 2 aliphatic heterocycles. The number of aryl methyl sites for hydroxylation is 1. The molecule has 6 nitrogen and oxygen atoms in total. The molecule has 2 atom stereocenters. The Bertz CT molecular complexity index is 1060. The zero-order chi connectivity index (χ0) is 20.6. The van der Waals surface area contributed by atoms with Crippen molar-refractivity contribution in [3.63, 3.8) is 0 Å². The number of nitrogens with zero attached hydrogens (tertiary/aromatic N) is 2. The van der Waals surface area contributed by atoms with Gasteiger partial charge in [-0.25, -0.2) is 8.42 Å². The smallest absolute Gasteiger partial charge is 0.252 e. The van der Waals surface area contributed by atoms with Gasteiger partial charge in [0.05, 0.1) is 31.1 Å². The van der Waals surface area contributed by atoms with Crippen molar-refractivity contribution in [2.75, 3.05) is 23.5 Å². The summed E-state index contributed by atoms with van der Waals surface area (Å²) in [6.07, 6.45) is 0.218. The lowest BCUT2D eigenvalue weighted by atomic mass is 10.1. The fourth-order valence-electron chi connectivity index (χ4n) is 3.75. The van der Waals surface area contributed by atoms with Gasteiger partial charge in [-0.3, -0.25) is 4.79 Å². The number of thioether (sulfide) groups is 1. The lowest BCUT2D eigenvalue weighted by Crippen LogP contribution is -2.37. The van der Waals surface area contributed by atoms with Crippen LogP contribution in [0.2, 0.25) is 0 Å². The third kappa shape index (κ3) is 4.33. The van der Waals surface area contributed by atoms with Crippen molar-refractivity contribution in [3.8, 4) is 5.75 Å². The maximum atomic E-state index is 12.6. The zero-order valence-corrected chi connectivity index (χ0v) is 17.9. The molecule has 152 valence electrons. The average molecular weight is 431 g/mol. The second-order valence-corrected chi connectivity index (χ2v) is 10.7. The number of amidine groups is 1. The molecule has 8 heteroatoms. The molecule has 29 heavy (non-hydrogen) atoms. The molecular weight excluding hydrogens is 408 g/mol. The molecule has 0 aromatic heterocycles. The van der Waals surface area contributed by atoms with Crippen LogP contribution in [-0.4, -0.2) is 49.4 Å². The van der Waals surface area contributed by atoms with E-state index in [0.717, 1.165) is 16.8 Å². The van der Waals surface area contributed by atoms with Gasteiger partial charge in [0.25, 0.3) is 5.91 Å². The highest BCUT2D eigenvalue weighted by Gasteiger charge is 2.49. The molecule has 0 radical (unpaired) electrons. The number of rotatable bonds is 4. The summed E-state index contributed by atoms with van der Waals surface area (Å²) in [5.41, 5.74) is 2.82. The van der Waals surface area contributed by atoms with Gasteiger partial charge in [0.15, 0.2) is 15.0 Å². The van der Waals surface area contributed by atoms with E-state index in [0.29, 0.717) is 10.9 Å². The number of anilines is 1. The van der Waals surface area contributed by atoms with Crippen LogP contribution in [0.3, 0.4) is 0 Å². The van der Waals surface area contributed by atoms with E-state index in [2.05, 4.69) is 4.99 Å². The molecular formula is C21H22N2O4S2. The van der Waals surface area contributed by atoms with Gasteiger partial charge < -0.3 is 9.64 Å². The number of carbonyl (C=O) groups excluding carboxylic acids is 1. The predicted octanol–water partition coefficient (Wildman–Crippen LogP) is 2.85. The highest BCUT2D eigenvalue weighted by atomic mass is 32.2. The molecule has 2 fully saturated rings. The van der Waals surface area contributed by atoms with Crippen molar-refractivity contribution in [2.24, 2.45) is 4.99 Å². The number of ether oxygens (including phenoxy) is 1. The first-order valence-electron chi connectivity index (χ1n) is 9.32. The summed E-state index contributed by atoms with van der Waals surface area (Å²) in [6.45, 7) is 1.99. The van der Waals surface area contributed by atoms with Crippen molar-refractivity contribution in [2.45, 2.75) is 24.6 Å². The number of carbonyl (C=O) groups is 1. The van der Waals surface area contributed by atoms with Crippen LogP contribution < -0.4 is 9.64 Å². The van der Waals surface area contributed by atoms with Gasteiger partial charge in [-0.05, 0) is 36.8 Å². The van der Waals surface area contributed by atoms with Crippen molar-refractivity contribution >= 4 is 38.4 Å². The van der Waals surface area contributed by atoms with Gasteiger partial charge in [-0.1, -0.05) is 41.6 Å². The first-order valence-corrected chi connectivity index (χ1v) is 12.0. The standard InChI is InChI=1S/C21H22N2O4S2/c1-14-4-3-5-15(10-14)11-20(24)22-21-23(16-6-8-17(27-2)9-7-16)18-12-29(25,26)13-19(18)28-21/h3-10,18-19H,11-13H2,1-2H3/t18-,19-/m0/s1. The van der Waals surface area contributed by atoms with Crippen molar-refractivity contribution in [1.29, 1.82) is 0 Å².